The van der Waals surface area contributed by atoms with Gasteiger partial charge in [-0.2, -0.15) is 0 Å². The van der Waals surface area contributed by atoms with Crippen molar-refractivity contribution in [1.82, 2.24) is 0 Å². The van der Waals surface area contributed by atoms with Gasteiger partial charge in [0.15, 0.2) is 0 Å². The highest BCUT2D eigenvalue weighted by Crippen LogP contribution is 2.46. The molecule has 0 aromatic heterocycles. The molecule has 98 valence electrons. The molecule has 2 N–H and O–H groups in total. The van der Waals surface area contributed by atoms with Crippen LogP contribution in [0.3, 0.4) is 0 Å². The van der Waals surface area contributed by atoms with E-state index in [9.17, 15) is 0 Å². The molecule has 1 aromatic rings. The summed E-state index contributed by atoms with van der Waals surface area (Å²) in [6.45, 7) is 4.49. The molecule has 1 saturated heterocycles. The first kappa shape index (κ1) is 11.9. The molecule has 18 heavy (non-hydrogen) atoms. The van der Waals surface area contributed by atoms with Crippen molar-refractivity contribution in [3.63, 3.8) is 0 Å². The van der Waals surface area contributed by atoms with Gasteiger partial charge in [-0.25, -0.2) is 0 Å². The molecular formula is C16H24N2. The molecular weight excluding hydrogens is 220 g/mol. The number of nitrogen functional groups attached to an aromatic ring is 1. The van der Waals surface area contributed by atoms with Gasteiger partial charge in [0.1, 0.15) is 0 Å². The summed E-state index contributed by atoms with van der Waals surface area (Å²) in [5.41, 5.74) is 10.1. The van der Waals surface area contributed by atoms with Gasteiger partial charge < -0.3 is 10.6 Å². The van der Waals surface area contributed by atoms with Crippen molar-refractivity contribution < 1.29 is 0 Å². The predicted molar refractivity (Wildman–Crippen MR) is 77.9 cm³/mol. The number of aryl methyl sites for hydroxylation is 1. The average Bonchev–Trinajstić information content (AvgIpc) is 2.82. The lowest BCUT2D eigenvalue weighted by Gasteiger charge is -2.40. The Hall–Kier alpha value is -1.18. The Bertz CT molecular complexity index is 423. The number of hydrogen-bond acceptors (Lipinski definition) is 2. The summed E-state index contributed by atoms with van der Waals surface area (Å²) >= 11 is 0. The maximum atomic E-state index is 6.02. The summed E-state index contributed by atoms with van der Waals surface area (Å²) in [7, 11) is 0. The van der Waals surface area contributed by atoms with Crippen LogP contribution in [0.4, 0.5) is 11.4 Å². The van der Waals surface area contributed by atoms with E-state index in [1.165, 1.54) is 62.9 Å². The number of nitrogens with zero attached hydrogens (tertiary/aromatic N) is 1. The van der Waals surface area contributed by atoms with E-state index in [4.69, 9.17) is 5.73 Å². The first-order valence-electron chi connectivity index (χ1n) is 7.30. The zero-order valence-electron chi connectivity index (χ0n) is 11.4. The smallest absolute Gasteiger partial charge is 0.0387 e. The lowest BCUT2D eigenvalue weighted by Crippen LogP contribution is -2.38. The SMILES string of the molecule is Cc1ccc(N2CCC3(CCCC3)CC2)cc1N. The van der Waals surface area contributed by atoms with Crippen LogP contribution in [0.25, 0.3) is 0 Å². The summed E-state index contributed by atoms with van der Waals surface area (Å²) < 4.78 is 0. The molecule has 0 bridgehead atoms. The molecule has 0 amide bonds. The van der Waals surface area contributed by atoms with Gasteiger partial charge >= 0.3 is 0 Å². The minimum atomic E-state index is 0.701. The molecule has 2 aliphatic rings. The van der Waals surface area contributed by atoms with Crippen LogP contribution in [0, 0.1) is 12.3 Å². The Balaban J connectivity index is 1.70. The van der Waals surface area contributed by atoms with Crippen LogP contribution in [-0.4, -0.2) is 13.1 Å². The number of anilines is 2. The zero-order chi connectivity index (χ0) is 12.6. The van der Waals surface area contributed by atoms with Crippen LogP contribution >= 0.6 is 0 Å². The van der Waals surface area contributed by atoms with Crippen molar-refractivity contribution in [3.05, 3.63) is 23.8 Å². The predicted octanol–water partition coefficient (Wildman–Crippen LogP) is 3.74. The van der Waals surface area contributed by atoms with Crippen molar-refractivity contribution >= 4 is 11.4 Å². The molecule has 1 aliphatic heterocycles. The topological polar surface area (TPSA) is 29.3 Å². The third-order valence-electron chi connectivity index (χ3n) is 5.12. The van der Waals surface area contributed by atoms with Gasteiger partial charge in [-0.15, -0.1) is 0 Å². The molecule has 2 fully saturated rings. The summed E-state index contributed by atoms with van der Waals surface area (Å²) in [5.74, 6) is 0. The molecule has 1 aliphatic carbocycles. The standard InChI is InChI=1S/C16H24N2/c1-13-4-5-14(12-15(13)17)18-10-8-16(9-11-18)6-2-3-7-16/h4-5,12H,2-3,6-11,17H2,1H3. The summed E-state index contributed by atoms with van der Waals surface area (Å²) in [5, 5.41) is 0. The van der Waals surface area contributed by atoms with Crippen molar-refractivity contribution in [3.8, 4) is 0 Å². The third kappa shape index (κ3) is 2.09. The van der Waals surface area contributed by atoms with Gasteiger partial charge in [0.2, 0.25) is 0 Å². The molecule has 2 nitrogen and oxygen atoms in total. The van der Waals surface area contributed by atoms with E-state index in [0.717, 1.165) is 5.69 Å². The van der Waals surface area contributed by atoms with Crippen LogP contribution in [0.5, 0.6) is 0 Å². The molecule has 0 unspecified atom stereocenters. The second kappa shape index (κ2) is 4.49. The Morgan fingerprint density at radius 3 is 2.33 bits per heavy atom. The van der Waals surface area contributed by atoms with Gasteiger partial charge in [-0.1, -0.05) is 18.9 Å². The summed E-state index contributed by atoms with van der Waals surface area (Å²) in [4.78, 5) is 2.51. The zero-order valence-corrected chi connectivity index (χ0v) is 11.4. The fraction of sp³-hybridized carbons (Fsp3) is 0.625. The lowest BCUT2D eigenvalue weighted by atomic mass is 9.77. The van der Waals surface area contributed by atoms with Gasteiger partial charge in [-0.05, 0) is 55.7 Å². The maximum absolute atomic E-state index is 6.02. The van der Waals surface area contributed by atoms with Crippen LogP contribution in [0.15, 0.2) is 18.2 Å². The molecule has 1 heterocycles. The molecule has 1 saturated carbocycles. The normalized spacial score (nSPS) is 22.6. The highest BCUT2D eigenvalue weighted by molar-refractivity contribution is 5.59. The van der Waals surface area contributed by atoms with E-state index >= 15 is 0 Å². The third-order valence-corrected chi connectivity index (χ3v) is 5.12. The minimum Gasteiger partial charge on any atom is -0.398 e. The highest BCUT2D eigenvalue weighted by atomic mass is 15.1. The Labute approximate surface area is 110 Å². The number of piperidine rings is 1. The van der Waals surface area contributed by atoms with Gasteiger partial charge in [0.25, 0.3) is 0 Å². The number of hydrogen-bond donors (Lipinski definition) is 1. The van der Waals surface area contributed by atoms with Crippen molar-refractivity contribution in [2.45, 2.75) is 45.4 Å². The lowest BCUT2D eigenvalue weighted by molar-refractivity contribution is 0.226. The van der Waals surface area contributed by atoms with E-state index in [1.54, 1.807) is 0 Å². The first-order chi connectivity index (χ1) is 8.69. The fourth-order valence-corrected chi connectivity index (χ4v) is 3.69. The largest absolute Gasteiger partial charge is 0.398 e. The molecule has 0 atom stereocenters. The van der Waals surface area contributed by atoms with Crippen LogP contribution in [0.2, 0.25) is 0 Å². The van der Waals surface area contributed by atoms with Gasteiger partial charge in [-0.3, -0.25) is 0 Å². The fourth-order valence-electron chi connectivity index (χ4n) is 3.69. The first-order valence-corrected chi connectivity index (χ1v) is 7.30. The summed E-state index contributed by atoms with van der Waals surface area (Å²) in [6.07, 6.45) is 8.60. The molecule has 3 rings (SSSR count). The molecule has 0 radical (unpaired) electrons. The Kier molecular flexibility index (Phi) is 2.96. The Morgan fingerprint density at radius 1 is 1.06 bits per heavy atom. The number of nitrogens with two attached hydrogens (primary N) is 1. The maximum Gasteiger partial charge on any atom is 0.0387 e. The van der Waals surface area contributed by atoms with E-state index < -0.39 is 0 Å². The number of benzene rings is 1. The number of rotatable bonds is 1. The summed E-state index contributed by atoms with van der Waals surface area (Å²) in [6, 6.07) is 6.50. The second-order valence-corrected chi connectivity index (χ2v) is 6.24. The second-order valence-electron chi connectivity index (χ2n) is 6.24. The van der Waals surface area contributed by atoms with E-state index in [-0.39, 0.29) is 0 Å². The Morgan fingerprint density at radius 2 is 1.72 bits per heavy atom. The van der Waals surface area contributed by atoms with Gasteiger partial charge in [0.05, 0.1) is 0 Å². The van der Waals surface area contributed by atoms with Crippen molar-refractivity contribution in [1.29, 1.82) is 0 Å². The van der Waals surface area contributed by atoms with Crippen molar-refractivity contribution in [2.75, 3.05) is 23.7 Å². The molecule has 2 heteroatoms. The quantitative estimate of drug-likeness (QED) is 0.763. The van der Waals surface area contributed by atoms with Crippen LogP contribution < -0.4 is 10.6 Å². The average molecular weight is 244 g/mol. The minimum absolute atomic E-state index is 0.701. The molecule has 1 spiro atoms. The van der Waals surface area contributed by atoms with Gasteiger partial charge in [0, 0.05) is 24.5 Å². The van der Waals surface area contributed by atoms with E-state index in [2.05, 4.69) is 30.0 Å². The highest BCUT2D eigenvalue weighted by Gasteiger charge is 2.36. The van der Waals surface area contributed by atoms with E-state index in [0.29, 0.717) is 5.41 Å². The molecule has 1 aromatic carbocycles. The monoisotopic (exact) mass is 244 g/mol. The van der Waals surface area contributed by atoms with Crippen LogP contribution in [-0.2, 0) is 0 Å². The van der Waals surface area contributed by atoms with E-state index in [1.807, 2.05) is 0 Å². The van der Waals surface area contributed by atoms with Crippen LogP contribution in [0.1, 0.15) is 44.1 Å². The van der Waals surface area contributed by atoms with Crippen molar-refractivity contribution in [2.24, 2.45) is 5.41 Å².